The molecule has 0 heterocycles. The zero-order valence-electron chi connectivity index (χ0n) is 19.3. The van der Waals surface area contributed by atoms with Crippen molar-refractivity contribution in [2.75, 3.05) is 18.5 Å². The second kappa shape index (κ2) is 12.2. The van der Waals surface area contributed by atoms with E-state index in [2.05, 4.69) is 16.0 Å². The lowest BCUT2D eigenvalue weighted by molar-refractivity contribution is -0.125. The van der Waals surface area contributed by atoms with Gasteiger partial charge >= 0.3 is 0 Å². The topological polar surface area (TPSA) is 96.5 Å². The molecule has 0 unspecified atom stereocenters. The maximum atomic E-state index is 13.0. The highest BCUT2D eigenvalue weighted by atomic mass is 16.5. The smallest absolute Gasteiger partial charge is 0.251 e. The van der Waals surface area contributed by atoms with Gasteiger partial charge in [-0.25, -0.2) is 0 Å². The Balaban J connectivity index is 1.63. The van der Waals surface area contributed by atoms with Gasteiger partial charge in [-0.3, -0.25) is 14.4 Å². The van der Waals surface area contributed by atoms with E-state index in [1.165, 1.54) is 0 Å². The van der Waals surface area contributed by atoms with Gasteiger partial charge in [-0.15, -0.1) is 0 Å². The van der Waals surface area contributed by atoms with Gasteiger partial charge in [0.05, 0.1) is 13.2 Å². The number of hydrogen-bond acceptors (Lipinski definition) is 4. The number of aryl methyl sites for hydroxylation is 1. The molecule has 3 N–H and O–H groups in total. The summed E-state index contributed by atoms with van der Waals surface area (Å²) < 4.78 is 5.42. The number of nitrogens with one attached hydrogen (secondary N) is 3. The Bertz CT molecular complexity index is 1100. The van der Waals surface area contributed by atoms with Gasteiger partial charge in [-0.05, 0) is 55.8 Å². The molecule has 1 atom stereocenters. The molecule has 0 radical (unpaired) electrons. The number of anilines is 1. The van der Waals surface area contributed by atoms with Crippen molar-refractivity contribution in [2.24, 2.45) is 0 Å². The van der Waals surface area contributed by atoms with Crippen LogP contribution in [0, 0.1) is 6.92 Å². The molecule has 0 fully saturated rings. The normalized spacial score (nSPS) is 11.2. The lowest BCUT2D eigenvalue weighted by Gasteiger charge is -2.19. The van der Waals surface area contributed by atoms with Crippen LogP contribution in [0.25, 0.3) is 0 Å². The van der Waals surface area contributed by atoms with Crippen LogP contribution in [-0.2, 0) is 16.0 Å². The van der Waals surface area contributed by atoms with E-state index >= 15 is 0 Å². The fourth-order valence-corrected chi connectivity index (χ4v) is 3.30. The standard InChI is InChI=1S/C27H29N3O4/c1-3-34-23-15-13-22(14-16-23)29-27(33)24(17-20-7-5-4-6-8-20)30-25(31)18-28-26(32)21-11-9-19(2)10-12-21/h4-16,24H,3,17-18H2,1-2H3,(H,28,32)(H,29,33)(H,30,31)/t24-/m1/s1. The molecule has 0 aromatic heterocycles. The van der Waals surface area contributed by atoms with E-state index in [0.29, 0.717) is 30.0 Å². The Kier molecular flexibility index (Phi) is 8.80. The number of rotatable bonds is 10. The van der Waals surface area contributed by atoms with Gasteiger partial charge in [0.2, 0.25) is 11.8 Å². The maximum Gasteiger partial charge on any atom is 0.251 e. The van der Waals surface area contributed by atoms with Crippen molar-refractivity contribution in [1.29, 1.82) is 0 Å². The molecule has 3 aromatic rings. The number of benzene rings is 3. The summed E-state index contributed by atoms with van der Waals surface area (Å²) in [6.07, 6.45) is 0.307. The molecular formula is C27H29N3O4. The first kappa shape index (κ1) is 24.5. The SMILES string of the molecule is CCOc1ccc(NC(=O)[C@@H](Cc2ccccc2)NC(=O)CNC(=O)c2ccc(C)cc2)cc1. The molecule has 3 amide bonds. The first-order chi connectivity index (χ1) is 16.4. The third-order valence-corrected chi connectivity index (χ3v) is 5.09. The van der Waals surface area contributed by atoms with Crippen LogP contribution in [0.1, 0.15) is 28.4 Å². The summed E-state index contributed by atoms with van der Waals surface area (Å²) in [5, 5.41) is 8.18. The first-order valence-electron chi connectivity index (χ1n) is 11.2. The molecule has 7 nitrogen and oxygen atoms in total. The summed E-state index contributed by atoms with van der Waals surface area (Å²) in [5.74, 6) is -0.456. The van der Waals surface area contributed by atoms with Crippen LogP contribution in [-0.4, -0.2) is 36.9 Å². The fraction of sp³-hybridized carbons (Fsp3) is 0.222. The Hall–Kier alpha value is -4.13. The Morgan fingerprint density at radius 2 is 1.56 bits per heavy atom. The average Bonchev–Trinajstić information content (AvgIpc) is 2.84. The minimum absolute atomic E-state index is 0.242. The van der Waals surface area contributed by atoms with E-state index in [1.54, 1.807) is 36.4 Å². The van der Waals surface area contributed by atoms with Crippen molar-refractivity contribution in [2.45, 2.75) is 26.3 Å². The summed E-state index contributed by atoms with van der Waals surface area (Å²) in [6, 6.07) is 22.7. The van der Waals surface area contributed by atoms with Crippen LogP contribution < -0.4 is 20.7 Å². The molecule has 7 heteroatoms. The predicted octanol–water partition coefficient (Wildman–Crippen LogP) is 3.49. The van der Waals surface area contributed by atoms with E-state index < -0.39 is 11.9 Å². The van der Waals surface area contributed by atoms with Gasteiger partial charge in [0.25, 0.3) is 5.91 Å². The summed E-state index contributed by atoms with van der Waals surface area (Å²) in [6.45, 7) is 4.14. The first-order valence-corrected chi connectivity index (χ1v) is 11.2. The van der Waals surface area contributed by atoms with E-state index in [9.17, 15) is 14.4 Å². The van der Waals surface area contributed by atoms with Gasteiger partial charge in [-0.2, -0.15) is 0 Å². The van der Waals surface area contributed by atoms with Crippen LogP contribution in [0.2, 0.25) is 0 Å². The zero-order chi connectivity index (χ0) is 24.3. The predicted molar refractivity (Wildman–Crippen MR) is 132 cm³/mol. The maximum absolute atomic E-state index is 13.0. The zero-order valence-corrected chi connectivity index (χ0v) is 19.3. The summed E-state index contributed by atoms with van der Waals surface area (Å²) in [7, 11) is 0. The van der Waals surface area contributed by atoms with Crippen molar-refractivity contribution < 1.29 is 19.1 Å². The summed E-state index contributed by atoms with van der Waals surface area (Å²) in [5.41, 5.74) is 3.00. The highest BCUT2D eigenvalue weighted by Crippen LogP contribution is 2.16. The molecule has 0 aliphatic rings. The summed E-state index contributed by atoms with van der Waals surface area (Å²) >= 11 is 0. The molecule has 3 rings (SSSR count). The Labute approximate surface area is 199 Å². The molecule has 0 spiro atoms. The van der Waals surface area contributed by atoms with E-state index in [1.807, 2.05) is 56.3 Å². The number of hydrogen-bond donors (Lipinski definition) is 3. The largest absolute Gasteiger partial charge is 0.494 e. The number of ether oxygens (including phenoxy) is 1. The van der Waals surface area contributed by atoms with Gasteiger partial charge < -0.3 is 20.7 Å². The molecule has 0 saturated heterocycles. The van der Waals surface area contributed by atoms with E-state index in [0.717, 1.165) is 11.1 Å². The van der Waals surface area contributed by atoms with E-state index in [-0.39, 0.29) is 18.4 Å². The molecule has 176 valence electrons. The lowest BCUT2D eigenvalue weighted by atomic mass is 10.0. The highest BCUT2D eigenvalue weighted by Gasteiger charge is 2.22. The molecule has 3 aromatic carbocycles. The van der Waals surface area contributed by atoms with Crippen LogP contribution in [0.5, 0.6) is 5.75 Å². The van der Waals surface area contributed by atoms with Crippen molar-refractivity contribution in [3.63, 3.8) is 0 Å². The fourth-order valence-electron chi connectivity index (χ4n) is 3.30. The van der Waals surface area contributed by atoms with Crippen molar-refractivity contribution >= 4 is 23.4 Å². The van der Waals surface area contributed by atoms with Gasteiger partial charge in [0, 0.05) is 17.7 Å². The van der Waals surface area contributed by atoms with Gasteiger partial charge in [0.1, 0.15) is 11.8 Å². The number of carbonyl (C=O) groups excluding carboxylic acids is 3. The van der Waals surface area contributed by atoms with E-state index in [4.69, 9.17) is 4.74 Å². The average molecular weight is 460 g/mol. The second-order valence-electron chi connectivity index (χ2n) is 7.81. The van der Waals surface area contributed by atoms with Gasteiger partial charge in [0.15, 0.2) is 0 Å². The molecule has 0 aliphatic heterocycles. The minimum atomic E-state index is -0.822. The molecule has 34 heavy (non-hydrogen) atoms. The van der Waals surface area contributed by atoms with Crippen LogP contribution >= 0.6 is 0 Å². The van der Waals surface area contributed by atoms with Crippen LogP contribution in [0.3, 0.4) is 0 Å². The van der Waals surface area contributed by atoms with Crippen LogP contribution in [0.4, 0.5) is 5.69 Å². The lowest BCUT2D eigenvalue weighted by Crippen LogP contribution is -2.48. The van der Waals surface area contributed by atoms with Crippen LogP contribution in [0.15, 0.2) is 78.9 Å². The van der Waals surface area contributed by atoms with Gasteiger partial charge in [-0.1, -0.05) is 48.0 Å². The molecule has 0 aliphatic carbocycles. The van der Waals surface area contributed by atoms with Crippen molar-refractivity contribution in [3.8, 4) is 5.75 Å². The number of carbonyl (C=O) groups is 3. The molecule has 0 bridgehead atoms. The molecular weight excluding hydrogens is 430 g/mol. The Morgan fingerprint density at radius 1 is 0.882 bits per heavy atom. The third kappa shape index (κ3) is 7.48. The quantitative estimate of drug-likeness (QED) is 0.432. The minimum Gasteiger partial charge on any atom is -0.494 e. The molecule has 0 saturated carbocycles. The Morgan fingerprint density at radius 3 is 2.21 bits per heavy atom. The van der Waals surface area contributed by atoms with Crippen molar-refractivity contribution in [1.82, 2.24) is 10.6 Å². The monoisotopic (exact) mass is 459 g/mol. The third-order valence-electron chi connectivity index (χ3n) is 5.09. The second-order valence-corrected chi connectivity index (χ2v) is 7.81. The van der Waals surface area contributed by atoms with Crippen molar-refractivity contribution in [3.05, 3.63) is 95.6 Å². The number of amides is 3. The summed E-state index contributed by atoms with van der Waals surface area (Å²) in [4.78, 5) is 37.9. The highest BCUT2D eigenvalue weighted by molar-refractivity contribution is 5.99.